The molecule has 2 aromatic carbocycles. The highest BCUT2D eigenvalue weighted by Gasteiger charge is 2.09. The Morgan fingerprint density at radius 1 is 0.920 bits per heavy atom. The molecular weight excluding hydrogens is 366 g/mol. The van der Waals surface area contributed by atoms with Crippen LogP contribution in [0.3, 0.4) is 0 Å². The first-order valence-corrected chi connectivity index (χ1v) is 7.87. The SMILES string of the molecule is O=C(Nc1cc(Cl)cc(Cl)c1)c1cnc(Nc2ccc(F)cc2)nc1. The van der Waals surface area contributed by atoms with Crippen molar-refractivity contribution < 1.29 is 9.18 Å². The molecule has 5 nitrogen and oxygen atoms in total. The lowest BCUT2D eigenvalue weighted by Crippen LogP contribution is -2.13. The zero-order valence-corrected chi connectivity index (χ0v) is 14.1. The fourth-order valence-electron chi connectivity index (χ4n) is 2.00. The molecule has 0 saturated heterocycles. The molecule has 1 aromatic heterocycles. The number of carbonyl (C=O) groups is 1. The molecule has 0 aliphatic rings. The molecule has 25 heavy (non-hydrogen) atoms. The number of amides is 1. The quantitative estimate of drug-likeness (QED) is 0.678. The van der Waals surface area contributed by atoms with E-state index in [1.54, 1.807) is 30.3 Å². The number of rotatable bonds is 4. The van der Waals surface area contributed by atoms with Crippen LogP contribution < -0.4 is 10.6 Å². The highest BCUT2D eigenvalue weighted by Crippen LogP contribution is 2.23. The third-order valence-electron chi connectivity index (χ3n) is 3.13. The van der Waals surface area contributed by atoms with Gasteiger partial charge in [0.05, 0.1) is 5.56 Å². The Morgan fingerprint density at radius 2 is 1.52 bits per heavy atom. The number of nitrogens with one attached hydrogen (secondary N) is 2. The molecule has 0 atom stereocenters. The molecule has 0 aliphatic heterocycles. The van der Waals surface area contributed by atoms with E-state index in [1.807, 2.05) is 0 Å². The van der Waals surface area contributed by atoms with Crippen molar-refractivity contribution in [2.45, 2.75) is 0 Å². The molecule has 0 bridgehead atoms. The van der Waals surface area contributed by atoms with Crippen LogP contribution in [0.2, 0.25) is 10.0 Å². The van der Waals surface area contributed by atoms with Gasteiger partial charge in [-0.3, -0.25) is 4.79 Å². The average molecular weight is 377 g/mol. The summed E-state index contributed by atoms with van der Waals surface area (Å²) >= 11 is 11.8. The first-order chi connectivity index (χ1) is 12.0. The summed E-state index contributed by atoms with van der Waals surface area (Å²) < 4.78 is 12.9. The van der Waals surface area contributed by atoms with Gasteiger partial charge >= 0.3 is 0 Å². The molecule has 2 N–H and O–H groups in total. The van der Waals surface area contributed by atoms with Crippen LogP contribution in [0.1, 0.15) is 10.4 Å². The minimum atomic E-state index is -0.397. The first kappa shape index (κ1) is 17.1. The lowest BCUT2D eigenvalue weighted by molar-refractivity contribution is 0.102. The Bertz CT molecular complexity index is 881. The number of hydrogen-bond acceptors (Lipinski definition) is 4. The summed E-state index contributed by atoms with van der Waals surface area (Å²) in [5.74, 6) is -0.444. The van der Waals surface area contributed by atoms with Crippen molar-refractivity contribution in [3.8, 4) is 0 Å². The van der Waals surface area contributed by atoms with Crippen molar-refractivity contribution in [1.82, 2.24) is 9.97 Å². The van der Waals surface area contributed by atoms with Crippen LogP contribution in [0, 0.1) is 5.82 Å². The zero-order chi connectivity index (χ0) is 17.8. The minimum absolute atomic E-state index is 0.265. The highest BCUT2D eigenvalue weighted by atomic mass is 35.5. The van der Waals surface area contributed by atoms with Crippen molar-refractivity contribution in [2.24, 2.45) is 0 Å². The standard InChI is InChI=1S/C17H11Cl2FN4O/c18-11-5-12(19)7-15(6-11)23-16(25)10-8-21-17(22-9-10)24-14-3-1-13(20)2-4-14/h1-9H,(H,23,25)(H,21,22,24). The van der Waals surface area contributed by atoms with Crippen LogP contribution in [-0.2, 0) is 0 Å². The number of halogens is 3. The summed E-state index contributed by atoms with van der Waals surface area (Å²) in [6, 6.07) is 10.5. The van der Waals surface area contributed by atoms with Gasteiger partial charge in [0.15, 0.2) is 0 Å². The van der Waals surface area contributed by atoms with Gasteiger partial charge in [-0.2, -0.15) is 0 Å². The van der Waals surface area contributed by atoms with E-state index in [2.05, 4.69) is 20.6 Å². The van der Waals surface area contributed by atoms with Gasteiger partial charge in [-0.25, -0.2) is 14.4 Å². The molecule has 1 heterocycles. The summed E-state index contributed by atoms with van der Waals surface area (Å²) in [6.07, 6.45) is 2.75. The van der Waals surface area contributed by atoms with Gasteiger partial charge in [-0.15, -0.1) is 0 Å². The van der Waals surface area contributed by atoms with Gasteiger partial charge in [-0.1, -0.05) is 23.2 Å². The molecular formula is C17H11Cl2FN4O. The molecule has 0 spiro atoms. The van der Waals surface area contributed by atoms with Gasteiger partial charge in [0, 0.05) is 33.8 Å². The molecule has 0 unspecified atom stereocenters. The fraction of sp³-hybridized carbons (Fsp3) is 0. The van der Waals surface area contributed by atoms with Crippen molar-refractivity contribution in [2.75, 3.05) is 10.6 Å². The van der Waals surface area contributed by atoms with E-state index >= 15 is 0 Å². The summed E-state index contributed by atoms with van der Waals surface area (Å²) in [7, 11) is 0. The fourth-order valence-corrected chi connectivity index (χ4v) is 2.53. The van der Waals surface area contributed by atoms with Crippen molar-refractivity contribution >= 4 is 46.4 Å². The van der Waals surface area contributed by atoms with Crippen LogP contribution in [0.5, 0.6) is 0 Å². The number of hydrogen-bond donors (Lipinski definition) is 2. The molecule has 1 amide bonds. The van der Waals surface area contributed by atoms with Gasteiger partial charge in [0.2, 0.25) is 5.95 Å². The second-order valence-electron chi connectivity index (χ2n) is 5.04. The smallest absolute Gasteiger partial charge is 0.258 e. The second kappa shape index (κ2) is 7.46. The summed E-state index contributed by atoms with van der Waals surface area (Å²) in [4.78, 5) is 20.3. The predicted molar refractivity (Wildman–Crippen MR) is 96.1 cm³/mol. The Balaban J connectivity index is 1.68. The van der Waals surface area contributed by atoms with E-state index in [1.165, 1.54) is 24.5 Å². The third kappa shape index (κ3) is 4.65. The monoisotopic (exact) mass is 376 g/mol. The van der Waals surface area contributed by atoms with E-state index in [0.29, 0.717) is 21.4 Å². The van der Waals surface area contributed by atoms with E-state index < -0.39 is 5.91 Å². The summed E-state index contributed by atoms with van der Waals surface area (Å²) in [5.41, 5.74) is 1.36. The Morgan fingerprint density at radius 3 is 2.12 bits per heavy atom. The van der Waals surface area contributed by atoms with E-state index in [4.69, 9.17) is 23.2 Å². The molecule has 0 radical (unpaired) electrons. The van der Waals surface area contributed by atoms with Gasteiger partial charge in [0.25, 0.3) is 5.91 Å². The molecule has 0 saturated carbocycles. The number of benzene rings is 2. The van der Waals surface area contributed by atoms with Crippen LogP contribution in [0.25, 0.3) is 0 Å². The van der Waals surface area contributed by atoms with Crippen molar-refractivity contribution in [1.29, 1.82) is 0 Å². The number of aromatic nitrogens is 2. The number of nitrogens with zero attached hydrogens (tertiary/aromatic N) is 2. The minimum Gasteiger partial charge on any atom is -0.324 e. The Labute approximate surface area is 152 Å². The van der Waals surface area contributed by atoms with E-state index in [-0.39, 0.29) is 17.3 Å². The predicted octanol–water partition coefficient (Wildman–Crippen LogP) is 4.92. The maximum absolute atomic E-state index is 12.9. The van der Waals surface area contributed by atoms with Crippen LogP contribution in [0.15, 0.2) is 54.9 Å². The van der Waals surface area contributed by atoms with Crippen LogP contribution in [-0.4, -0.2) is 15.9 Å². The maximum atomic E-state index is 12.9. The van der Waals surface area contributed by atoms with Crippen molar-refractivity contribution in [3.63, 3.8) is 0 Å². The lowest BCUT2D eigenvalue weighted by atomic mass is 10.2. The Hall–Kier alpha value is -2.70. The second-order valence-corrected chi connectivity index (χ2v) is 5.91. The first-order valence-electron chi connectivity index (χ1n) is 7.12. The molecule has 3 aromatic rings. The summed E-state index contributed by atoms with van der Waals surface area (Å²) in [5, 5.41) is 6.40. The molecule has 126 valence electrons. The average Bonchev–Trinajstić information content (AvgIpc) is 2.56. The summed E-state index contributed by atoms with van der Waals surface area (Å²) in [6.45, 7) is 0. The molecule has 0 aliphatic carbocycles. The van der Waals surface area contributed by atoms with Crippen LogP contribution >= 0.6 is 23.2 Å². The third-order valence-corrected chi connectivity index (χ3v) is 3.57. The highest BCUT2D eigenvalue weighted by molar-refractivity contribution is 6.35. The van der Waals surface area contributed by atoms with Gasteiger partial charge in [0.1, 0.15) is 5.82 Å². The van der Waals surface area contributed by atoms with Crippen LogP contribution in [0.4, 0.5) is 21.7 Å². The van der Waals surface area contributed by atoms with E-state index in [9.17, 15) is 9.18 Å². The van der Waals surface area contributed by atoms with E-state index in [0.717, 1.165) is 0 Å². The van der Waals surface area contributed by atoms with Gasteiger partial charge in [-0.05, 0) is 42.5 Å². The van der Waals surface area contributed by atoms with Crippen molar-refractivity contribution in [3.05, 3.63) is 76.3 Å². The lowest BCUT2D eigenvalue weighted by Gasteiger charge is -2.07. The maximum Gasteiger partial charge on any atom is 0.258 e. The molecule has 3 rings (SSSR count). The topological polar surface area (TPSA) is 66.9 Å². The van der Waals surface area contributed by atoms with Gasteiger partial charge < -0.3 is 10.6 Å². The number of anilines is 3. The zero-order valence-electron chi connectivity index (χ0n) is 12.6. The largest absolute Gasteiger partial charge is 0.324 e. The number of carbonyl (C=O) groups excluding carboxylic acids is 1. The normalized spacial score (nSPS) is 10.4. The Kier molecular flexibility index (Phi) is 5.11. The molecule has 0 fully saturated rings. The molecule has 8 heteroatoms.